The summed E-state index contributed by atoms with van der Waals surface area (Å²) in [5.74, 6) is 0.798. The van der Waals surface area contributed by atoms with E-state index in [0.717, 1.165) is 33.0 Å². The zero-order valence-corrected chi connectivity index (χ0v) is 16.3. The molecule has 0 bridgehead atoms. The van der Waals surface area contributed by atoms with Crippen molar-refractivity contribution in [1.82, 2.24) is 9.55 Å². The number of carbonyl (C=O) groups excluding carboxylic acids is 1. The summed E-state index contributed by atoms with van der Waals surface area (Å²) in [5, 5.41) is 6.62. The van der Waals surface area contributed by atoms with Crippen LogP contribution >= 0.6 is 35.3 Å². The molecule has 0 unspecified atom stereocenters. The van der Waals surface area contributed by atoms with Gasteiger partial charge in [-0.2, -0.15) is 0 Å². The van der Waals surface area contributed by atoms with Crippen LogP contribution in [0.5, 0.6) is 5.75 Å². The van der Waals surface area contributed by atoms with E-state index in [1.165, 1.54) is 11.3 Å². The highest BCUT2D eigenvalue weighted by Crippen LogP contribution is 2.29. The summed E-state index contributed by atoms with van der Waals surface area (Å²) in [6.07, 6.45) is 1.71. The Morgan fingerprint density at radius 1 is 1.43 bits per heavy atom. The second kappa shape index (κ2) is 7.31. The highest BCUT2D eigenvalue weighted by Gasteiger charge is 2.19. The maximum absolute atomic E-state index is 12.6. The minimum Gasteiger partial charge on any atom is -0.497 e. The first-order chi connectivity index (χ1) is 10.6. The molecule has 0 radical (unpaired) electrons. The molecule has 0 fully saturated rings. The molecule has 0 atom stereocenters. The molecule has 0 aliphatic carbocycles. The van der Waals surface area contributed by atoms with Crippen molar-refractivity contribution in [2.24, 2.45) is 7.05 Å². The van der Waals surface area contributed by atoms with Crippen LogP contribution in [0.3, 0.4) is 0 Å². The minimum atomic E-state index is 0. The molecule has 7 heteroatoms. The number of nitrogens with zero attached hydrogens (tertiary/aromatic N) is 2. The summed E-state index contributed by atoms with van der Waals surface area (Å²) in [6, 6.07) is 5.80. The van der Waals surface area contributed by atoms with Gasteiger partial charge in [-0.05, 0) is 25.1 Å². The maximum atomic E-state index is 12.6. The molecule has 0 spiro atoms. The number of thiazole rings is 1. The molecule has 3 aromatic rings. The van der Waals surface area contributed by atoms with Crippen molar-refractivity contribution in [1.29, 1.82) is 0 Å². The van der Waals surface area contributed by atoms with Gasteiger partial charge in [0.25, 0.3) is 0 Å². The quantitative estimate of drug-likeness (QED) is 0.481. The van der Waals surface area contributed by atoms with E-state index in [1.54, 1.807) is 13.3 Å². The van der Waals surface area contributed by atoms with E-state index in [1.807, 2.05) is 42.1 Å². The fourth-order valence-corrected chi connectivity index (χ4v) is 3.11. The van der Waals surface area contributed by atoms with Gasteiger partial charge in [0, 0.05) is 40.8 Å². The number of anilines is 1. The third-order valence-electron chi connectivity index (χ3n) is 3.81. The molecule has 3 rings (SSSR count). The summed E-state index contributed by atoms with van der Waals surface area (Å²) in [4.78, 5) is 16.8. The van der Waals surface area contributed by atoms with Crippen molar-refractivity contribution < 1.29 is 9.53 Å². The van der Waals surface area contributed by atoms with Crippen LogP contribution in [0.1, 0.15) is 16.1 Å². The molecule has 0 aliphatic heterocycles. The molecule has 23 heavy (non-hydrogen) atoms. The fourth-order valence-electron chi connectivity index (χ4n) is 2.59. The number of nitrogens with one attached hydrogen (secondary N) is 1. The van der Waals surface area contributed by atoms with Gasteiger partial charge in [-0.1, -0.05) is 0 Å². The van der Waals surface area contributed by atoms with E-state index >= 15 is 0 Å². The summed E-state index contributed by atoms with van der Waals surface area (Å²) < 4.78 is 7.31. The van der Waals surface area contributed by atoms with Crippen LogP contribution in [0.2, 0.25) is 0 Å². The molecular weight excluding hydrogens is 425 g/mol. The van der Waals surface area contributed by atoms with Crippen LogP contribution in [-0.4, -0.2) is 29.0 Å². The van der Waals surface area contributed by atoms with Gasteiger partial charge in [-0.25, -0.2) is 4.98 Å². The van der Waals surface area contributed by atoms with Crippen molar-refractivity contribution in [3.63, 3.8) is 0 Å². The number of carbonyl (C=O) groups is 1. The minimum absolute atomic E-state index is 0. The number of ether oxygens (including phenoxy) is 1. The van der Waals surface area contributed by atoms with E-state index in [0.29, 0.717) is 0 Å². The van der Waals surface area contributed by atoms with E-state index in [4.69, 9.17) is 4.74 Å². The molecule has 0 amide bonds. The number of Topliss-reactive ketones (excluding diaryl/α,β-unsaturated/α-hetero) is 1. The summed E-state index contributed by atoms with van der Waals surface area (Å²) >= 11 is 1.48. The number of fused-ring (bicyclic) bond motifs is 1. The normalized spacial score (nSPS) is 10.4. The molecule has 1 N–H and O–H groups in total. The van der Waals surface area contributed by atoms with Gasteiger partial charge in [0.1, 0.15) is 5.75 Å². The zero-order chi connectivity index (χ0) is 15.7. The van der Waals surface area contributed by atoms with Gasteiger partial charge >= 0.3 is 0 Å². The second-order valence-corrected chi connectivity index (χ2v) is 5.91. The monoisotopic (exact) mass is 443 g/mol. The lowest BCUT2D eigenvalue weighted by atomic mass is 10.1. The van der Waals surface area contributed by atoms with Crippen molar-refractivity contribution >= 4 is 57.1 Å². The fraction of sp³-hybridized carbons (Fsp3) is 0.250. The predicted molar refractivity (Wildman–Crippen MR) is 105 cm³/mol. The maximum Gasteiger partial charge on any atom is 0.184 e. The lowest BCUT2D eigenvalue weighted by Crippen LogP contribution is -2.14. The highest BCUT2D eigenvalue weighted by molar-refractivity contribution is 14.0. The molecule has 122 valence electrons. The Kier molecular flexibility index (Phi) is 5.64. The van der Waals surface area contributed by atoms with Crippen LogP contribution in [0.15, 0.2) is 29.8 Å². The highest BCUT2D eigenvalue weighted by atomic mass is 127. The van der Waals surface area contributed by atoms with E-state index in [2.05, 4.69) is 10.3 Å². The van der Waals surface area contributed by atoms with Crippen LogP contribution in [-0.2, 0) is 7.05 Å². The molecule has 1 aromatic carbocycles. The third-order valence-corrected chi connectivity index (χ3v) is 4.54. The van der Waals surface area contributed by atoms with Crippen molar-refractivity contribution in [2.45, 2.75) is 6.92 Å². The van der Waals surface area contributed by atoms with Gasteiger partial charge in [-0.15, -0.1) is 35.3 Å². The molecule has 2 aromatic heterocycles. The lowest BCUT2D eigenvalue weighted by molar-refractivity contribution is 0.101. The van der Waals surface area contributed by atoms with Crippen LogP contribution in [0.4, 0.5) is 5.13 Å². The third kappa shape index (κ3) is 3.35. The number of hydrogen-bond acceptors (Lipinski definition) is 5. The zero-order valence-electron chi connectivity index (χ0n) is 13.1. The molecule has 0 saturated carbocycles. The van der Waals surface area contributed by atoms with Crippen LogP contribution < -0.4 is 10.1 Å². The van der Waals surface area contributed by atoms with Crippen molar-refractivity contribution in [3.8, 4) is 5.75 Å². The summed E-state index contributed by atoms with van der Waals surface area (Å²) in [7, 11) is 3.59. The standard InChI is InChI=1S/C16H17N3O2S.HI/c1-10-15(14(20)9-18-16-17-6-7-22-16)12-8-11(21-3)4-5-13(12)19(10)2;/h4-8H,9H2,1-3H3,(H,17,18);1H. The molecule has 2 heterocycles. The Bertz CT molecular complexity index is 828. The van der Waals surface area contributed by atoms with E-state index in [9.17, 15) is 4.79 Å². The van der Waals surface area contributed by atoms with E-state index in [-0.39, 0.29) is 36.3 Å². The SMILES string of the molecule is COc1ccc2c(c1)c(C(=O)CNc1nccs1)c(C)n2C.I. The number of hydrogen-bond donors (Lipinski definition) is 1. The number of benzene rings is 1. The van der Waals surface area contributed by atoms with E-state index < -0.39 is 0 Å². The lowest BCUT2D eigenvalue weighted by Gasteiger charge is -2.04. The summed E-state index contributed by atoms with van der Waals surface area (Å²) in [5.41, 5.74) is 2.71. The van der Waals surface area contributed by atoms with Gasteiger partial charge in [0.05, 0.1) is 13.7 Å². The number of halogens is 1. The smallest absolute Gasteiger partial charge is 0.184 e. The number of aryl methyl sites for hydroxylation is 1. The molecule has 5 nitrogen and oxygen atoms in total. The first-order valence-electron chi connectivity index (χ1n) is 6.91. The molecular formula is C16H18IN3O2S. The predicted octanol–water partition coefficient (Wildman–Crippen LogP) is 3.86. The largest absolute Gasteiger partial charge is 0.497 e. The molecule has 0 saturated heterocycles. The second-order valence-electron chi connectivity index (χ2n) is 5.02. The van der Waals surface area contributed by atoms with Crippen LogP contribution in [0, 0.1) is 6.92 Å². The summed E-state index contributed by atoms with van der Waals surface area (Å²) in [6.45, 7) is 2.19. The average Bonchev–Trinajstić information content (AvgIpc) is 3.13. The number of methoxy groups -OCH3 is 1. The Labute approximate surface area is 155 Å². The first-order valence-corrected chi connectivity index (χ1v) is 7.79. The van der Waals surface area contributed by atoms with Gasteiger partial charge in [0.2, 0.25) is 0 Å². The van der Waals surface area contributed by atoms with Gasteiger partial charge in [0.15, 0.2) is 10.9 Å². The number of ketones is 1. The molecule has 0 aliphatic rings. The Morgan fingerprint density at radius 3 is 2.87 bits per heavy atom. The van der Waals surface area contributed by atoms with Crippen LogP contribution in [0.25, 0.3) is 10.9 Å². The average molecular weight is 443 g/mol. The number of rotatable bonds is 5. The Hall–Kier alpha value is -1.61. The van der Waals surface area contributed by atoms with Gasteiger partial charge in [-0.3, -0.25) is 4.79 Å². The van der Waals surface area contributed by atoms with Crippen molar-refractivity contribution in [3.05, 3.63) is 41.0 Å². The Morgan fingerprint density at radius 2 is 2.22 bits per heavy atom. The Balaban J connectivity index is 0.00000192. The van der Waals surface area contributed by atoms with Gasteiger partial charge < -0.3 is 14.6 Å². The number of aromatic nitrogens is 2. The first kappa shape index (κ1) is 17.7. The topological polar surface area (TPSA) is 56.1 Å². The van der Waals surface area contributed by atoms with Crippen molar-refractivity contribution in [2.75, 3.05) is 19.0 Å².